The lowest BCUT2D eigenvalue weighted by molar-refractivity contribution is -0.109. The van der Waals surface area contributed by atoms with E-state index in [9.17, 15) is 4.39 Å². The molecule has 0 aliphatic carbocycles. The first kappa shape index (κ1) is 14.4. The van der Waals surface area contributed by atoms with Crippen LogP contribution < -0.4 is 5.32 Å². The summed E-state index contributed by atoms with van der Waals surface area (Å²) >= 11 is 3.16. The molecule has 0 bridgehead atoms. The summed E-state index contributed by atoms with van der Waals surface area (Å²) < 4.78 is 24.0. The number of halogens is 2. The van der Waals surface area contributed by atoms with Crippen molar-refractivity contribution in [2.75, 3.05) is 19.5 Å². The number of aryl methyl sites for hydroxylation is 1. The predicted molar refractivity (Wildman–Crippen MR) is 69.7 cm³/mol. The monoisotopic (exact) mass is 305 g/mol. The van der Waals surface area contributed by atoms with Crippen LogP contribution in [0, 0.1) is 12.7 Å². The van der Waals surface area contributed by atoms with Crippen LogP contribution in [0.4, 0.5) is 10.1 Å². The average molecular weight is 306 g/mol. The molecule has 0 heterocycles. The summed E-state index contributed by atoms with van der Waals surface area (Å²) in [5.41, 5.74) is 1.69. The molecule has 96 valence electrons. The van der Waals surface area contributed by atoms with E-state index in [-0.39, 0.29) is 18.1 Å². The molecular formula is C12H17BrFNO2. The normalized spacial score (nSPS) is 12.9. The maximum atomic E-state index is 13.3. The Morgan fingerprint density at radius 1 is 1.29 bits per heavy atom. The molecule has 1 aromatic rings. The molecule has 17 heavy (non-hydrogen) atoms. The Hall–Kier alpha value is -0.650. The van der Waals surface area contributed by atoms with E-state index < -0.39 is 0 Å². The average Bonchev–Trinajstić information content (AvgIpc) is 2.27. The van der Waals surface area contributed by atoms with Crippen molar-refractivity contribution in [1.82, 2.24) is 0 Å². The molecule has 0 fully saturated rings. The fourth-order valence-corrected chi connectivity index (χ4v) is 1.96. The number of nitrogens with one attached hydrogen (secondary N) is 1. The molecule has 0 aromatic heterocycles. The van der Waals surface area contributed by atoms with E-state index in [4.69, 9.17) is 9.47 Å². The van der Waals surface area contributed by atoms with Gasteiger partial charge < -0.3 is 14.8 Å². The van der Waals surface area contributed by atoms with Gasteiger partial charge in [-0.05, 0) is 47.5 Å². The fourth-order valence-electron chi connectivity index (χ4n) is 1.62. The maximum Gasteiger partial charge on any atom is 0.176 e. The second kappa shape index (κ2) is 6.33. The van der Waals surface area contributed by atoms with Crippen molar-refractivity contribution in [2.24, 2.45) is 0 Å². The number of rotatable bonds is 5. The summed E-state index contributed by atoms with van der Waals surface area (Å²) in [4.78, 5) is 0. The van der Waals surface area contributed by atoms with Gasteiger partial charge in [0.2, 0.25) is 0 Å². The molecule has 0 aliphatic rings. The van der Waals surface area contributed by atoms with Crippen LogP contribution in [0.15, 0.2) is 16.6 Å². The number of ether oxygens (including phenoxy) is 2. The van der Waals surface area contributed by atoms with Crippen molar-refractivity contribution in [3.8, 4) is 0 Å². The highest BCUT2D eigenvalue weighted by Crippen LogP contribution is 2.25. The van der Waals surface area contributed by atoms with E-state index in [1.54, 1.807) is 20.3 Å². The highest BCUT2D eigenvalue weighted by atomic mass is 79.9. The molecule has 3 nitrogen and oxygen atoms in total. The van der Waals surface area contributed by atoms with Crippen LogP contribution in [0.1, 0.15) is 12.5 Å². The zero-order valence-corrected chi connectivity index (χ0v) is 12.0. The summed E-state index contributed by atoms with van der Waals surface area (Å²) in [7, 11) is 3.17. The van der Waals surface area contributed by atoms with Gasteiger partial charge in [-0.25, -0.2) is 4.39 Å². The number of benzene rings is 1. The topological polar surface area (TPSA) is 30.5 Å². The summed E-state index contributed by atoms with van der Waals surface area (Å²) in [5, 5.41) is 3.23. The van der Waals surface area contributed by atoms with Crippen molar-refractivity contribution in [3.05, 3.63) is 28.0 Å². The van der Waals surface area contributed by atoms with Crippen LogP contribution in [0.2, 0.25) is 0 Å². The Labute approximate surface area is 109 Å². The van der Waals surface area contributed by atoms with Gasteiger partial charge in [-0.3, -0.25) is 0 Å². The first-order valence-corrected chi connectivity index (χ1v) is 6.06. The Bertz CT molecular complexity index is 383. The van der Waals surface area contributed by atoms with Crippen molar-refractivity contribution >= 4 is 21.6 Å². The number of methoxy groups -OCH3 is 2. The molecule has 5 heteroatoms. The minimum absolute atomic E-state index is 0.0407. The largest absolute Gasteiger partial charge is 0.377 e. The molecule has 0 aliphatic heterocycles. The Balaban J connectivity index is 2.84. The lowest BCUT2D eigenvalue weighted by atomic mass is 10.1. The predicted octanol–water partition coefficient (Wildman–Crippen LogP) is 3.32. The van der Waals surface area contributed by atoms with E-state index >= 15 is 0 Å². The first-order chi connectivity index (χ1) is 7.99. The lowest BCUT2D eigenvalue weighted by Gasteiger charge is -2.24. The van der Waals surface area contributed by atoms with E-state index in [0.717, 1.165) is 11.3 Å². The molecule has 1 rings (SSSR count). The Morgan fingerprint density at radius 2 is 1.88 bits per heavy atom. The first-order valence-electron chi connectivity index (χ1n) is 5.27. The van der Waals surface area contributed by atoms with Gasteiger partial charge in [0, 0.05) is 19.9 Å². The number of hydrogen-bond donors (Lipinski definition) is 1. The van der Waals surface area contributed by atoms with Gasteiger partial charge in [-0.2, -0.15) is 0 Å². The van der Waals surface area contributed by atoms with Crippen molar-refractivity contribution in [1.29, 1.82) is 0 Å². The summed E-state index contributed by atoms with van der Waals surface area (Å²) in [6, 6.07) is 3.15. The molecule has 1 unspecified atom stereocenters. The van der Waals surface area contributed by atoms with Gasteiger partial charge >= 0.3 is 0 Å². The molecule has 0 amide bonds. The Morgan fingerprint density at radius 3 is 2.41 bits per heavy atom. The number of anilines is 1. The lowest BCUT2D eigenvalue weighted by Crippen LogP contribution is -2.34. The zero-order valence-electron chi connectivity index (χ0n) is 10.4. The molecule has 0 saturated heterocycles. The third kappa shape index (κ3) is 3.66. The van der Waals surface area contributed by atoms with E-state index in [1.807, 2.05) is 13.8 Å². The van der Waals surface area contributed by atoms with Gasteiger partial charge in [0.1, 0.15) is 5.82 Å². The van der Waals surface area contributed by atoms with Crippen molar-refractivity contribution in [2.45, 2.75) is 26.2 Å². The van der Waals surface area contributed by atoms with Crippen LogP contribution in [-0.4, -0.2) is 26.6 Å². The van der Waals surface area contributed by atoms with Gasteiger partial charge in [0.25, 0.3) is 0 Å². The van der Waals surface area contributed by atoms with Crippen molar-refractivity contribution in [3.63, 3.8) is 0 Å². The molecule has 0 spiro atoms. The van der Waals surface area contributed by atoms with Gasteiger partial charge in [0.05, 0.1) is 10.5 Å². The van der Waals surface area contributed by atoms with E-state index in [1.165, 1.54) is 6.07 Å². The fraction of sp³-hybridized carbons (Fsp3) is 0.500. The van der Waals surface area contributed by atoms with Crippen LogP contribution in [0.5, 0.6) is 0 Å². The molecule has 1 aromatic carbocycles. The standard InChI is InChI=1S/C12H17BrFNO2/c1-7-5-10(14)9(13)6-11(7)15-8(2)12(16-3)17-4/h5-6,8,12,15H,1-4H3. The highest BCUT2D eigenvalue weighted by Gasteiger charge is 2.16. The molecule has 1 atom stereocenters. The quantitative estimate of drug-likeness (QED) is 0.847. The van der Waals surface area contributed by atoms with Crippen molar-refractivity contribution < 1.29 is 13.9 Å². The third-order valence-electron chi connectivity index (χ3n) is 2.52. The summed E-state index contributed by atoms with van der Waals surface area (Å²) in [5.74, 6) is -0.268. The molecule has 1 N–H and O–H groups in total. The maximum absolute atomic E-state index is 13.3. The molecule has 0 saturated carbocycles. The third-order valence-corrected chi connectivity index (χ3v) is 3.13. The summed E-state index contributed by atoms with van der Waals surface area (Å²) in [6.07, 6.45) is -0.349. The van der Waals surface area contributed by atoms with E-state index in [0.29, 0.717) is 4.47 Å². The zero-order chi connectivity index (χ0) is 13.0. The number of hydrogen-bond acceptors (Lipinski definition) is 3. The van der Waals surface area contributed by atoms with E-state index in [2.05, 4.69) is 21.2 Å². The second-order valence-electron chi connectivity index (χ2n) is 3.85. The second-order valence-corrected chi connectivity index (χ2v) is 4.71. The molecular weight excluding hydrogens is 289 g/mol. The van der Waals surface area contributed by atoms with Crippen LogP contribution in [-0.2, 0) is 9.47 Å². The van der Waals surface area contributed by atoms with Gasteiger partial charge in [-0.15, -0.1) is 0 Å². The Kier molecular flexibility index (Phi) is 5.36. The van der Waals surface area contributed by atoms with Crippen LogP contribution in [0.3, 0.4) is 0 Å². The van der Waals surface area contributed by atoms with Crippen LogP contribution >= 0.6 is 15.9 Å². The minimum Gasteiger partial charge on any atom is -0.377 e. The van der Waals surface area contributed by atoms with Crippen LogP contribution in [0.25, 0.3) is 0 Å². The van der Waals surface area contributed by atoms with Gasteiger partial charge in [0.15, 0.2) is 6.29 Å². The smallest absolute Gasteiger partial charge is 0.176 e. The molecule has 0 radical (unpaired) electrons. The summed E-state index contributed by atoms with van der Waals surface area (Å²) in [6.45, 7) is 3.79. The SMILES string of the molecule is COC(OC)C(C)Nc1cc(Br)c(F)cc1C. The van der Waals surface area contributed by atoms with Gasteiger partial charge in [-0.1, -0.05) is 0 Å². The highest BCUT2D eigenvalue weighted by molar-refractivity contribution is 9.10. The minimum atomic E-state index is -0.349.